The molecule has 0 saturated carbocycles. The van der Waals surface area contributed by atoms with Gasteiger partial charge in [-0.25, -0.2) is 9.67 Å². The third-order valence-corrected chi connectivity index (χ3v) is 2.23. The average molecular weight is 296 g/mol. The standard InChI is InChI=1S/C9H5IN4/c10-7-5-13-14(6-7)9-1-2-12-8(3-9)4-11/h1-3,5-6H. The quantitative estimate of drug-likeness (QED) is 0.753. The zero-order chi connectivity index (χ0) is 9.97. The summed E-state index contributed by atoms with van der Waals surface area (Å²) in [6, 6.07) is 5.50. The predicted octanol–water partition coefficient (Wildman–Crippen LogP) is 1.74. The van der Waals surface area contributed by atoms with E-state index in [2.05, 4.69) is 32.7 Å². The van der Waals surface area contributed by atoms with Crippen LogP contribution in [0, 0.1) is 14.9 Å². The van der Waals surface area contributed by atoms with Crippen molar-refractivity contribution in [1.82, 2.24) is 14.8 Å². The molecular weight excluding hydrogens is 291 g/mol. The Hall–Kier alpha value is -1.42. The lowest BCUT2D eigenvalue weighted by atomic mass is 10.3. The van der Waals surface area contributed by atoms with E-state index in [1.54, 1.807) is 23.1 Å². The van der Waals surface area contributed by atoms with Gasteiger partial charge in [-0.2, -0.15) is 10.4 Å². The van der Waals surface area contributed by atoms with Crippen LogP contribution in [0.1, 0.15) is 5.69 Å². The number of halogens is 1. The van der Waals surface area contributed by atoms with Gasteiger partial charge in [-0.05, 0) is 28.7 Å². The molecule has 0 bridgehead atoms. The van der Waals surface area contributed by atoms with Crippen LogP contribution in [0.25, 0.3) is 5.69 Å². The van der Waals surface area contributed by atoms with E-state index in [4.69, 9.17) is 5.26 Å². The van der Waals surface area contributed by atoms with Gasteiger partial charge in [0.05, 0.1) is 15.5 Å². The van der Waals surface area contributed by atoms with Crippen molar-refractivity contribution in [2.45, 2.75) is 0 Å². The van der Waals surface area contributed by atoms with Gasteiger partial charge in [0.15, 0.2) is 0 Å². The lowest BCUT2D eigenvalue weighted by Crippen LogP contribution is -1.95. The third-order valence-electron chi connectivity index (χ3n) is 1.67. The molecule has 2 aromatic rings. The highest BCUT2D eigenvalue weighted by Gasteiger charge is 2.00. The fraction of sp³-hybridized carbons (Fsp3) is 0. The first-order chi connectivity index (χ1) is 6.79. The van der Waals surface area contributed by atoms with E-state index in [-0.39, 0.29) is 0 Å². The van der Waals surface area contributed by atoms with Crippen LogP contribution in [0.3, 0.4) is 0 Å². The second-order valence-corrected chi connectivity index (χ2v) is 3.86. The summed E-state index contributed by atoms with van der Waals surface area (Å²) >= 11 is 2.18. The van der Waals surface area contributed by atoms with E-state index in [0.717, 1.165) is 9.26 Å². The number of pyridine rings is 1. The zero-order valence-electron chi connectivity index (χ0n) is 7.05. The van der Waals surface area contributed by atoms with Gasteiger partial charge in [0.2, 0.25) is 0 Å². The van der Waals surface area contributed by atoms with Crippen molar-refractivity contribution in [1.29, 1.82) is 5.26 Å². The van der Waals surface area contributed by atoms with Crippen LogP contribution in [0.5, 0.6) is 0 Å². The van der Waals surface area contributed by atoms with Crippen molar-refractivity contribution in [2.75, 3.05) is 0 Å². The van der Waals surface area contributed by atoms with Crippen LogP contribution in [-0.2, 0) is 0 Å². The molecule has 0 fully saturated rings. The maximum absolute atomic E-state index is 8.67. The van der Waals surface area contributed by atoms with E-state index in [0.29, 0.717) is 5.69 Å². The Balaban J connectivity index is 2.47. The first-order valence-corrected chi connectivity index (χ1v) is 4.94. The first kappa shape index (κ1) is 9.15. The van der Waals surface area contributed by atoms with E-state index in [9.17, 15) is 0 Å². The number of hydrogen-bond acceptors (Lipinski definition) is 3. The molecule has 0 aliphatic carbocycles. The van der Waals surface area contributed by atoms with Crippen molar-refractivity contribution >= 4 is 22.6 Å². The summed E-state index contributed by atoms with van der Waals surface area (Å²) in [7, 11) is 0. The van der Waals surface area contributed by atoms with Crippen molar-refractivity contribution in [3.63, 3.8) is 0 Å². The molecule has 0 aliphatic rings. The molecule has 0 amide bonds. The van der Waals surface area contributed by atoms with E-state index in [1.165, 1.54) is 0 Å². The molecule has 0 saturated heterocycles. The Morgan fingerprint density at radius 3 is 3.00 bits per heavy atom. The summed E-state index contributed by atoms with van der Waals surface area (Å²) in [5, 5.41) is 12.8. The largest absolute Gasteiger partial charge is 0.245 e. The Morgan fingerprint density at radius 2 is 2.36 bits per heavy atom. The minimum absolute atomic E-state index is 0.396. The van der Waals surface area contributed by atoms with Crippen molar-refractivity contribution in [3.8, 4) is 11.8 Å². The third kappa shape index (κ3) is 1.75. The van der Waals surface area contributed by atoms with Gasteiger partial charge in [0.25, 0.3) is 0 Å². The molecule has 2 rings (SSSR count). The summed E-state index contributed by atoms with van der Waals surface area (Å²) in [4.78, 5) is 3.89. The minimum Gasteiger partial charge on any atom is -0.245 e. The molecule has 68 valence electrons. The summed E-state index contributed by atoms with van der Waals surface area (Å²) < 4.78 is 2.77. The topological polar surface area (TPSA) is 54.5 Å². The summed E-state index contributed by atoms with van der Waals surface area (Å²) in [6.07, 6.45) is 5.24. The van der Waals surface area contributed by atoms with Crippen LogP contribution in [0.4, 0.5) is 0 Å². The summed E-state index contributed by atoms with van der Waals surface area (Å²) in [5.74, 6) is 0. The molecule has 14 heavy (non-hydrogen) atoms. The van der Waals surface area contributed by atoms with Crippen LogP contribution in [-0.4, -0.2) is 14.8 Å². The zero-order valence-corrected chi connectivity index (χ0v) is 9.21. The van der Waals surface area contributed by atoms with Crippen molar-refractivity contribution < 1.29 is 0 Å². The number of hydrogen-bond donors (Lipinski definition) is 0. The normalized spacial score (nSPS) is 9.71. The van der Waals surface area contributed by atoms with Crippen LogP contribution in [0.2, 0.25) is 0 Å². The maximum atomic E-state index is 8.67. The number of aromatic nitrogens is 3. The fourth-order valence-electron chi connectivity index (χ4n) is 1.07. The highest BCUT2D eigenvalue weighted by Crippen LogP contribution is 2.09. The van der Waals surface area contributed by atoms with Gasteiger partial charge in [-0.15, -0.1) is 0 Å². The highest BCUT2D eigenvalue weighted by molar-refractivity contribution is 14.1. The van der Waals surface area contributed by atoms with Gasteiger partial charge >= 0.3 is 0 Å². The Labute approximate surface area is 94.3 Å². The molecular formula is C9H5IN4. The van der Waals surface area contributed by atoms with E-state index < -0.39 is 0 Å². The SMILES string of the molecule is N#Cc1cc(-n2cc(I)cn2)ccn1. The van der Waals surface area contributed by atoms with Crippen LogP contribution < -0.4 is 0 Å². The second kappa shape index (κ2) is 3.75. The Bertz CT molecular complexity index is 498. The lowest BCUT2D eigenvalue weighted by Gasteiger charge is -1.99. The molecule has 4 nitrogen and oxygen atoms in total. The van der Waals surface area contributed by atoms with Crippen LogP contribution in [0.15, 0.2) is 30.7 Å². The van der Waals surface area contributed by atoms with Gasteiger partial charge in [0.1, 0.15) is 11.8 Å². The van der Waals surface area contributed by atoms with Crippen LogP contribution >= 0.6 is 22.6 Å². The molecule has 2 aromatic heterocycles. The number of rotatable bonds is 1. The number of nitriles is 1. The average Bonchev–Trinajstić information content (AvgIpc) is 2.65. The molecule has 0 radical (unpaired) electrons. The van der Waals surface area contributed by atoms with Crippen molar-refractivity contribution in [3.05, 3.63) is 40.0 Å². The smallest absolute Gasteiger partial charge is 0.142 e. The fourth-order valence-corrected chi connectivity index (χ4v) is 1.45. The van der Waals surface area contributed by atoms with E-state index in [1.807, 2.05) is 18.3 Å². The van der Waals surface area contributed by atoms with Gasteiger partial charge < -0.3 is 0 Å². The summed E-state index contributed by atoms with van der Waals surface area (Å²) in [5.41, 5.74) is 1.24. The van der Waals surface area contributed by atoms with Gasteiger partial charge in [0, 0.05) is 18.5 Å². The van der Waals surface area contributed by atoms with Gasteiger partial charge in [-0.3, -0.25) is 0 Å². The molecule has 0 aromatic carbocycles. The molecule has 0 unspecified atom stereocenters. The Morgan fingerprint density at radius 1 is 1.50 bits per heavy atom. The monoisotopic (exact) mass is 296 g/mol. The molecule has 2 heterocycles. The summed E-state index contributed by atoms with van der Waals surface area (Å²) in [6.45, 7) is 0. The molecule has 0 spiro atoms. The number of nitrogens with zero attached hydrogens (tertiary/aromatic N) is 4. The molecule has 0 N–H and O–H groups in total. The van der Waals surface area contributed by atoms with E-state index >= 15 is 0 Å². The lowest BCUT2D eigenvalue weighted by molar-refractivity contribution is 0.876. The molecule has 0 aliphatic heterocycles. The Kier molecular flexibility index (Phi) is 2.45. The maximum Gasteiger partial charge on any atom is 0.142 e. The predicted molar refractivity (Wildman–Crippen MR) is 58.8 cm³/mol. The first-order valence-electron chi connectivity index (χ1n) is 3.86. The van der Waals surface area contributed by atoms with Gasteiger partial charge in [-0.1, -0.05) is 0 Å². The molecule has 5 heteroatoms. The second-order valence-electron chi connectivity index (χ2n) is 2.61. The van der Waals surface area contributed by atoms with Crippen molar-refractivity contribution in [2.24, 2.45) is 0 Å². The minimum atomic E-state index is 0.396. The molecule has 0 atom stereocenters. The highest BCUT2D eigenvalue weighted by atomic mass is 127.